The molecule has 0 bridgehead atoms. The maximum Gasteiger partial charge on any atom is 0.271 e. The number of aliphatic imine (C=N–C) groups is 1. The second-order valence-electron chi connectivity index (χ2n) is 5.31. The summed E-state index contributed by atoms with van der Waals surface area (Å²) in [5.41, 5.74) is 5.15. The molecule has 0 fully saturated rings. The molecule has 1 aliphatic rings. The minimum Gasteiger partial charge on any atom is -0.357 e. The molecule has 0 saturated heterocycles. The summed E-state index contributed by atoms with van der Waals surface area (Å²) in [6.07, 6.45) is 7.60. The highest BCUT2D eigenvalue weighted by Crippen LogP contribution is 2.32. The van der Waals surface area contributed by atoms with Gasteiger partial charge in [0, 0.05) is 42.4 Å². The van der Waals surface area contributed by atoms with Crippen LogP contribution in [0.2, 0.25) is 0 Å². The highest BCUT2D eigenvalue weighted by molar-refractivity contribution is 6.21. The molecule has 0 spiro atoms. The van der Waals surface area contributed by atoms with Crippen LogP contribution in [-0.4, -0.2) is 21.0 Å². The number of aromatic nitrogens is 3. The highest BCUT2D eigenvalue weighted by Gasteiger charge is 2.15. The Bertz CT molecular complexity index is 968. The number of nitrogens with zero attached hydrogens (tertiary/aromatic N) is 2. The number of allylic oxidation sites excluding steroid dienone is 1. The lowest BCUT2D eigenvalue weighted by molar-refractivity contribution is 0.928. The lowest BCUT2D eigenvalue weighted by Gasteiger charge is -1.99. The molecule has 1 aromatic carbocycles. The molecular weight excluding hydrogens is 276 g/mol. The van der Waals surface area contributed by atoms with Gasteiger partial charge in [-0.2, -0.15) is 0 Å². The van der Waals surface area contributed by atoms with Gasteiger partial charge in [0.2, 0.25) is 0 Å². The molecule has 0 saturated carbocycles. The molecule has 2 aromatic heterocycles. The lowest BCUT2D eigenvalue weighted by Crippen LogP contribution is -2.02. The Morgan fingerprint density at radius 3 is 2.86 bits per heavy atom. The fourth-order valence-electron chi connectivity index (χ4n) is 2.69. The summed E-state index contributed by atoms with van der Waals surface area (Å²) in [7, 11) is 1.95. The number of hydrogen-bond acceptors (Lipinski definition) is 2. The van der Waals surface area contributed by atoms with Crippen LogP contribution in [0, 0.1) is 0 Å². The van der Waals surface area contributed by atoms with Crippen molar-refractivity contribution >= 4 is 23.6 Å². The maximum absolute atomic E-state index is 12.1. The minimum atomic E-state index is -0.135. The average Bonchev–Trinajstić information content (AvgIpc) is 3.21. The fraction of sp³-hybridized carbons (Fsp3) is 0.0588. The molecule has 0 radical (unpaired) electrons. The summed E-state index contributed by atoms with van der Waals surface area (Å²) in [4.78, 5) is 16.5. The highest BCUT2D eigenvalue weighted by atomic mass is 16.1. The molecule has 0 unspecified atom stereocenters. The number of aryl methyl sites for hydroxylation is 1. The number of hydrogen-bond donors (Lipinski definition) is 2. The molecule has 5 heteroatoms. The zero-order chi connectivity index (χ0) is 15.1. The molecule has 5 nitrogen and oxygen atoms in total. The zero-order valence-electron chi connectivity index (χ0n) is 12.0. The summed E-state index contributed by atoms with van der Waals surface area (Å²) in [6, 6.07) is 9.87. The molecular formula is C17H14N4O. The third kappa shape index (κ3) is 1.95. The van der Waals surface area contributed by atoms with Crippen molar-refractivity contribution in [2.45, 2.75) is 0 Å². The standard InChI is InChI=1S/C17H14N4O/c1-21-7-6-11(10-21)16-14(17(22)20-19-16)8-12-9-18-15-5-3-2-4-13(12)15/h2-10H,1H3,(H2,19,20,22)/b12-8+. The molecule has 4 rings (SSSR count). The third-order valence-corrected chi connectivity index (χ3v) is 3.79. The van der Waals surface area contributed by atoms with Crippen molar-refractivity contribution in [2.75, 3.05) is 0 Å². The molecule has 2 N–H and O–H groups in total. The lowest BCUT2D eigenvalue weighted by atomic mass is 10.0. The number of para-hydroxylation sites is 1. The molecule has 22 heavy (non-hydrogen) atoms. The predicted molar refractivity (Wildman–Crippen MR) is 88.3 cm³/mol. The van der Waals surface area contributed by atoms with E-state index in [1.54, 1.807) is 6.21 Å². The van der Waals surface area contributed by atoms with Crippen LogP contribution in [0.15, 0.2) is 52.5 Å². The Balaban J connectivity index is 1.86. The first-order chi connectivity index (χ1) is 10.7. The van der Waals surface area contributed by atoms with Gasteiger partial charge in [-0.15, -0.1) is 0 Å². The largest absolute Gasteiger partial charge is 0.357 e. The van der Waals surface area contributed by atoms with Crippen LogP contribution in [0.25, 0.3) is 22.9 Å². The van der Waals surface area contributed by atoms with E-state index in [0.29, 0.717) is 5.56 Å². The van der Waals surface area contributed by atoms with Crippen molar-refractivity contribution in [3.63, 3.8) is 0 Å². The SMILES string of the molecule is Cn1ccc(-c2[nH][nH]c(=O)c2/C=C2\C=Nc3ccccc32)c1. The Labute approximate surface area is 126 Å². The molecule has 0 amide bonds. The fourth-order valence-corrected chi connectivity index (χ4v) is 2.69. The maximum atomic E-state index is 12.1. The monoisotopic (exact) mass is 290 g/mol. The average molecular weight is 290 g/mol. The zero-order valence-corrected chi connectivity index (χ0v) is 12.0. The number of aromatic amines is 2. The van der Waals surface area contributed by atoms with Gasteiger partial charge in [0.25, 0.3) is 5.56 Å². The number of nitrogens with one attached hydrogen (secondary N) is 2. The first-order valence-corrected chi connectivity index (χ1v) is 7.00. The van der Waals surface area contributed by atoms with Gasteiger partial charge in [0.1, 0.15) is 0 Å². The smallest absolute Gasteiger partial charge is 0.271 e. The van der Waals surface area contributed by atoms with E-state index in [1.807, 2.05) is 60.4 Å². The van der Waals surface area contributed by atoms with E-state index in [2.05, 4.69) is 15.2 Å². The van der Waals surface area contributed by atoms with Gasteiger partial charge >= 0.3 is 0 Å². The van der Waals surface area contributed by atoms with Crippen molar-refractivity contribution in [3.8, 4) is 11.3 Å². The number of rotatable bonds is 2. The van der Waals surface area contributed by atoms with Crippen LogP contribution < -0.4 is 5.56 Å². The summed E-state index contributed by atoms with van der Waals surface area (Å²) < 4.78 is 1.95. The van der Waals surface area contributed by atoms with Crippen LogP contribution in [-0.2, 0) is 7.05 Å². The third-order valence-electron chi connectivity index (χ3n) is 3.79. The van der Waals surface area contributed by atoms with Crippen molar-refractivity contribution < 1.29 is 0 Å². The van der Waals surface area contributed by atoms with Gasteiger partial charge in [0.15, 0.2) is 0 Å². The van der Waals surface area contributed by atoms with Crippen molar-refractivity contribution in [2.24, 2.45) is 12.0 Å². The second-order valence-corrected chi connectivity index (χ2v) is 5.31. The van der Waals surface area contributed by atoms with Gasteiger partial charge in [-0.05, 0) is 18.2 Å². The van der Waals surface area contributed by atoms with Crippen LogP contribution in [0.5, 0.6) is 0 Å². The first-order valence-electron chi connectivity index (χ1n) is 7.00. The molecule has 108 valence electrons. The van der Waals surface area contributed by atoms with E-state index in [4.69, 9.17) is 0 Å². The second kappa shape index (κ2) is 4.73. The van der Waals surface area contributed by atoms with E-state index < -0.39 is 0 Å². The summed E-state index contributed by atoms with van der Waals surface area (Å²) in [5, 5.41) is 5.63. The molecule has 3 heterocycles. The van der Waals surface area contributed by atoms with E-state index >= 15 is 0 Å². The van der Waals surface area contributed by atoms with Gasteiger partial charge in [-0.3, -0.25) is 20.0 Å². The van der Waals surface area contributed by atoms with Gasteiger partial charge in [-0.1, -0.05) is 18.2 Å². The van der Waals surface area contributed by atoms with Crippen LogP contribution in [0.4, 0.5) is 5.69 Å². The van der Waals surface area contributed by atoms with Crippen LogP contribution in [0.1, 0.15) is 11.1 Å². The van der Waals surface area contributed by atoms with E-state index in [-0.39, 0.29) is 5.56 Å². The van der Waals surface area contributed by atoms with Gasteiger partial charge < -0.3 is 4.57 Å². The van der Waals surface area contributed by atoms with Crippen molar-refractivity contribution in [1.82, 2.24) is 14.8 Å². The number of H-pyrrole nitrogens is 2. The predicted octanol–water partition coefficient (Wildman–Crippen LogP) is 2.97. The molecule has 0 aliphatic carbocycles. The Morgan fingerprint density at radius 1 is 1.18 bits per heavy atom. The number of fused-ring (bicyclic) bond motifs is 1. The Hall–Kier alpha value is -3.08. The van der Waals surface area contributed by atoms with Crippen molar-refractivity contribution in [3.05, 3.63) is 64.2 Å². The molecule has 1 aliphatic heterocycles. The molecule has 3 aromatic rings. The minimum absolute atomic E-state index is 0.135. The Morgan fingerprint density at radius 2 is 2.05 bits per heavy atom. The Kier molecular flexibility index (Phi) is 2.72. The summed E-state index contributed by atoms with van der Waals surface area (Å²) >= 11 is 0. The molecule has 0 atom stereocenters. The van der Waals surface area contributed by atoms with Crippen molar-refractivity contribution in [1.29, 1.82) is 0 Å². The summed E-state index contributed by atoms with van der Waals surface area (Å²) in [6.45, 7) is 0. The van der Waals surface area contributed by atoms with E-state index in [0.717, 1.165) is 28.1 Å². The van der Waals surface area contributed by atoms with E-state index in [9.17, 15) is 4.79 Å². The van der Waals surface area contributed by atoms with Gasteiger partial charge in [-0.25, -0.2) is 0 Å². The first kappa shape index (κ1) is 12.6. The number of benzene rings is 1. The van der Waals surface area contributed by atoms with E-state index in [1.165, 1.54) is 0 Å². The topological polar surface area (TPSA) is 65.9 Å². The van der Waals surface area contributed by atoms with Crippen LogP contribution >= 0.6 is 0 Å². The quantitative estimate of drug-likeness (QED) is 0.748. The normalized spacial score (nSPS) is 14.7. The van der Waals surface area contributed by atoms with Gasteiger partial charge in [0.05, 0.1) is 16.9 Å². The summed E-state index contributed by atoms with van der Waals surface area (Å²) in [5.74, 6) is 0. The van der Waals surface area contributed by atoms with Crippen LogP contribution in [0.3, 0.4) is 0 Å².